The van der Waals surface area contributed by atoms with E-state index in [1.165, 1.54) is 67.1 Å². The molecule has 0 bridgehead atoms. The third-order valence-electron chi connectivity index (χ3n) is 5.40. The lowest BCUT2D eigenvalue weighted by Gasteiger charge is -2.39. The van der Waals surface area contributed by atoms with E-state index in [2.05, 4.69) is 57.2 Å². The Hall–Kier alpha value is -1.26. The summed E-state index contributed by atoms with van der Waals surface area (Å²) in [5, 5.41) is 7.64. The van der Waals surface area contributed by atoms with Crippen LogP contribution in [0.2, 0.25) is 0 Å². The summed E-state index contributed by atoms with van der Waals surface area (Å²) < 4.78 is 0. The maximum absolute atomic E-state index is 4.34. The summed E-state index contributed by atoms with van der Waals surface area (Å²) in [6.45, 7) is 2.49. The number of nitrogens with one attached hydrogen (secondary N) is 1. The highest BCUT2D eigenvalue weighted by molar-refractivity contribution is 7.99. The Kier molecular flexibility index (Phi) is 4.72. The minimum atomic E-state index is 0.627. The van der Waals surface area contributed by atoms with E-state index in [1.807, 2.05) is 6.20 Å². The van der Waals surface area contributed by atoms with Crippen molar-refractivity contribution < 1.29 is 0 Å². The van der Waals surface area contributed by atoms with Gasteiger partial charge in [-0.15, -0.1) is 0 Å². The van der Waals surface area contributed by atoms with Crippen LogP contribution in [0.1, 0.15) is 37.3 Å². The Morgan fingerprint density at radius 3 is 2.48 bits per heavy atom. The summed E-state index contributed by atoms with van der Waals surface area (Å²) in [5.74, 6) is 3.33. The van der Waals surface area contributed by atoms with E-state index < -0.39 is 0 Å². The molecule has 23 heavy (non-hydrogen) atoms. The van der Waals surface area contributed by atoms with Gasteiger partial charge in [0.25, 0.3) is 0 Å². The molecule has 4 rings (SSSR count). The molecule has 0 radical (unpaired) electrons. The van der Waals surface area contributed by atoms with Crippen molar-refractivity contribution in [3.05, 3.63) is 42.2 Å². The number of likely N-dealkylation sites (tertiary alicyclic amines) is 1. The van der Waals surface area contributed by atoms with Gasteiger partial charge in [-0.2, -0.15) is 16.9 Å². The molecule has 2 aliphatic rings. The number of rotatable bonds is 3. The maximum atomic E-state index is 4.34. The molecule has 2 fully saturated rings. The van der Waals surface area contributed by atoms with Gasteiger partial charge in [0.15, 0.2) is 0 Å². The van der Waals surface area contributed by atoms with Crippen molar-refractivity contribution in [3.63, 3.8) is 0 Å². The van der Waals surface area contributed by atoms with Crippen molar-refractivity contribution >= 4 is 11.8 Å². The summed E-state index contributed by atoms with van der Waals surface area (Å²) in [6.07, 6.45) is 7.27. The van der Waals surface area contributed by atoms with Crippen molar-refractivity contribution in [3.8, 4) is 11.1 Å². The second-order valence-electron chi connectivity index (χ2n) is 6.72. The SMILES string of the molecule is c1ccc(-c2cn[nH]c2C2CCN(C3CCSCC3)CC2)cc1. The molecule has 2 aliphatic heterocycles. The van der Waals surface area contributed by atoms with E-state index in [0.29, 0.717) is 5.92 Å². The predicted molar refractivity (Wildman–Crippen MR) is 97.9 cm³/mol. The second kappa shape index (κ2) is 7.10. The van der Waals surface area contributed by atoms with Gasteiger partial charge in [0, 0.05) is 23.2 Å². The quantitative estimate of drug-likeness (QED) is 0.919. The zero-order valence-corrected chi connectivity index (χ0v) is 14.4. The largest absolute Gasteiger partial charge is 0.300 e. The van der Waals surface area contributed by atoms with Crippen LogP contribution in [0.5, 0.6) is 0 Å². The Morgan fingerprint density at radius 2 is 1.74 bits per heavy atom. The molecule has 0 unspecified atom stereocenters. The molecule has 0 amide bonds. The number of piperidine rings is 1. The molecule has 0 spiro atoms. The Balaban J connectivity index is 1.44. The van der Waals surface area contributed by atoms with Gasteiger partial charge in [-0.1, -0.05) is 30.3 Å². The second-order valence-corrected chi connectivity index (χ2v) is 7.94. The van der Waals surface area contributed by atoms with Gasteiger partial charge in [0.05, 0.1) is 6.20 Å². The molecule has 0 aliphatic carbocycles. The van der Waals surface area contributed by atoms with Crippen LogP contribution < -0.4 is 0 Å². The first kappa shape index (κ1) is 15.3. The first-order valence-electron chi connectivity index (χ1n) is 8.82. The average molecular weight is 327 g/mol. The summed E-state index contributed by atoms with van der Waals surface area (Å²) in [6, 6.07) is 11.5. The summed E-state index contributed by atoms with van der Waals surface area (Å²) in [7, 11) is 0. The maximum Gasteiger partial charge on any atom is 0.0568 e. The summed E-state index contributed by atoms with van der Waals surface area (Å²) in [4.78, 5) is 2.74. The van der Waals surface area contributed by atoms with Crippen LogP contribution in [0.15, 0.2) is 36.5 Å². The van der Waals surface area contributed by atoms with E-state index in [-0.39, 0.29) is 0 Å². The van der Waals surface area contributed by atoms with Gasteiger partial charge >= 0.3 is 0 Å². The van der Waals surface area contributed by atoms with Crippen molar-refractivity contribution in [2.24, 2.45) is 0 Å². The lowest BCUT2D eigenvalue weighted by atomic mass is 9.88. The minimum Gasteiger partial charge on any atom is -0.300 e. The van der Waals surface area contributed by atoms with E-state index in [0.717, 1.165) is 6.04 Å². The van der Waals surface area contributed by atoms with Crippen molar-refractivity contribution in [2.75, 3.05) is 24.6 Å². The number of hydrogen-bond acceptors (Lipinski definition) is 3. The first-order chi connectivity index (χ1) is 11.4. The van der Waals surface area contributed by atoms with E-state index in [1.54, 1.807) is 0 Å². The number of aromatic amines is 1. The van der Waals surface area contributed by atoms with Gasteiger partial charge in [-0.3, -0.25) is 5.10 Å². The minimum absolute atomic E-state index is 0.627. The monoisotopic (exact) mass is 327 g/mol. The Bertz CT molecular complexity index is 611. The van der Waals surface area contributed by atoms with Crippen LogP contribution in [0.3, 0.4) is 0 Å². The molecule has 3 nitrogen and oxygen atoms in total. The van der Waals surface area contributed by atoms with Gasteiger partial charge < -0.3 is 4.90 Å². The normalized spacial score (nSPS) is 21.6. The number of benzene rings is 1. The predicted octanol–water partition coefficient (Wildman–Crippen LogP) is 4.15. The highest BCUT2D eigenvalue weighted by Gasteiger charge is 2.28. The van der Waals surface area contributed by atoms with Crippen LogP contribution in [0, 0.1) is 0 Å². The van der Waals surface area contributed by atoms with Crippen LogP contribution in [-0.2, 0) is 0 Å². The number of hydrogen-bond donors (Lipinski definition) is 1. The van der Waals surface area contributed by atoms with Crippen molar-refractivity contribution in [1.82, 2.24) is 15.1 Å². The average Bonchev–Trinajstić information content (AvgIpc) is 3.13. The highest BCUT2D eigenvalue weighted by atomic mass is 32.2. The van der Waals surface area contributed by atoms with E-state index in [4.69, 9.17) is 0 Å². The molecular weight excluding hydrogens is 302 g/mol. The molecule has 0 saturated carbocycles. The summed E-state index contributed by atoms with van der Waals surface area (Å²) >= 11 is 2.12. The zero-order valence-electron chi connectivity index (χ0n) is 13.6. The Morgan fingerprint density at radius 1 is 1.00 bits per heavy atom. The fourth-order valence-electron chi connectivity index (χ4n) is 4.06. The number of H-pyrrole nitrogens is 1. The van der Waals surface area contributed by atoms with Crippen LogP contribution in [0.4, 0.5) is 0 Å². The molecule has 1 aromatic carbocycles. The molecule has 1 N–H and O–H groups in total. The first-order valence-corrected chi connectivity index (χ1v) is 9.98. The van der Waals surface area contributed by atoms with Crippen LogP contribution in [0.25, 0.3) is 11.1 Å². The van der Waals surface area contributed by atoms with Crippen molar-refractivity contribution in [2.45, 2.75) is 37.6 Å². The van der Waals surface area contributed by atoms with Crippen molar-refractivity contribution in [1.29, 1.82) is 0 Å². The van der Waals surface area contributed by atoms with Crippen LogP contribution >= 0.6 is 11.8 Å². The van der Waals surface area contributed by atoms with E-state index >= 15 is 0 Å². The van der Waals surface area contributed by atoms with Gasteiger partial charge in [0.2, 0.25) is 0 Å². The van der Waals surface area contributed by atoms with Crippen LogP contribution in [-0.4, -0.2) is 45.7 Å². The van der Waals surface area contributed by atoms with E-state index in [9.17, 15) is 0 Å². The fourth-order valence-corrected chi connectivity index (χ4v) is 5.14. The lowest BCUT2D eigenvalue weighted by molar-refractivity contribution is 0.143. The standard InChI is InChI=1S/C19H25N3S/c1-2-4-15(5-3-1)18-14-20-21-19(18)16-6-10-22(11-7-16)17-8-12-23-13-9-17/h1-5,14,16-17H,6-13H2,(H,20,21). The van der Waals surface area contributed by atoms with Gasteiger partial charge in [-0.25, -0.2) is 0 Å². The van der Waals surface area contributed by atoms with Gasteiger partial charge in [0.1, 0.15) is 0 Å². The topological polar surface area (TPSA) is 31.9 Å². The summed E-state index contributed by atoms with van der Waals surface area (Å²) in [5.41, 5.74) is 3.91. The molecule has 122 valence electrons. The van der Waals surface area contributed by atoms with Gasteiger partial charge in [-0.05, 0) is 55.8 Å². The highest BCUT2D eigenvalue weighted by Crippen LogP contribution is 2.35. The number of aromatic nitrogens is 2. The third-order valence-corrected chi connectivity index (χ3v) is 6.45. The Labute approximate surface area is 142 Å². The molecule has 2 aromatic rings. The molecule has 1 aromatic heterocycles. The number of nitrogens with zero attached hydrogens (tertiary/aromatic N) is 2. The molecule has 0 atom stereocenters. The molecule has 3 heterocycles. The molecule has 4 heteroatoms. The fraction of sp³-hybridized carbons (Fsp3) is 0.526. The lowest BCUT2D eigenvalue weighted by Crippen LogP contribution is -2.42. The zero-order chi connectivity index (χ0) is 15.5. The molecular formula is C19H25N3S. The number of thioether (sulfide) groups is 1. The smallest absolute Gasteiger partial charge is 0.0568 e. The third kappa shape index (κ3) is 3.33. The molecule has 2 saturated heterocycles.